The lowest BCUT2D eigenvalue weighted by Gasteiger charge is -1.89. The Balaban J connectivity index is 0.000000810. The molecule has 0 N–H and O–H groups in total. The third kappa shape index (κ3) is 2.06. The van der Waals surface area contributed by atoms with Crippen LogP contribution in [0.5, 0.6) is 0 Å². The molecule has 3 radical (unpaired) electrons. The molecule has 1 aromatic rings. The van der Waals surface area contributed by atoms with Gasteiger partial charge < -0.3 is 0 Å². The number of ketones is 1. The van der Waals surface area contributed by atoms with E-state index in [0.717, 1.165) is 5.56 Å². The number of hydrogen-bond donors (Lipinski definition) is 0. The van der Waals surface area contributed by atoms with Crippen LogP contribution in [0.1, 0.15) is 17.3 Å². The van der Waals surface area contributed by atoms with E-state index in [4.69, 9.17) is 0 Å². The molecule has 0 aromatic heterocycles. The van der Waals surface area contributed by atoms with Crippen molar-refractivity contribution in [2.75, 3.05) is 0 Å². The molecule has 2 heteroatoms. The molecule has 0 amide bonds. The van der Waals surface area contributed by atoms with Crippen molar-refractivity contribution < 1.29 is 4.79 Å². The molecule has 0 saturated heterocycles. The molecular formula is C8H8BO. The molecular weight excluding hydrogens is 123 g/mol. The summed E-state index contributed by atoms with van der Waals surface area (Å²) in [4.78, 5) is 10.6. The Morgan fingerprint density at radius 1 is 1.20 bits per heavy atom. The van der Waals surface area contributed by atoms with Crippen LogP contribution in [0.25, 0.3) is 0 Å². The summed E-state index contributed by atoms with van der Waals surface area (Å²) in [6, 6.07) is 9.23. The molecule has 0 aliphatic carbocycles. The summed E-state index contributed by atoms with van der Waals surface area (Å²) in [5.41, 5.74) is 0.775. The Kier molecular flexibility index (Phi) is 3.48. The van der Waals surface area contributed by atoms with Gasteiger partial charge in [0, 0.05) is 14.0 Å². The molecule has 1 rings (SSSR count). The van der Waals surface area contributed by atoms with Crippen molar-refractivity contribution in [3.05, 3.63) is 35.9 Å². The van der Waals surface area contributed by atoms with Crippen LogP contribution in [0, 0.1) is 0 Å². The first kappa shape index (κ1) is 8.95. The molecule has 0 heterocycles. The van der Waals surface area contributed by atoms with Gasteiger partial charge in [-0.15, -0.1) is 0 Å². The van der Waals surface area contributed by atoms with Crippen molar-refractivity contribution in [2.45, 2.75) is 6.92 Å². The maximum atomic E-state index is 10.6. The highest BCUT2D eigenvalue weighted by Gasteiger charge is 1.92. The maximum absolute atomic E-state index is 10.6. The maximum Gasteiger partial charge on any atom is 0.159 e. The zero-order valence-corrected chi connectivity index (χ0v) is 5.87. The third-order valence-corrected chi connectivity index (χ3v) is 1.18. The van der Waals surface area contributed by atoms with E-state index in [9.17, 15) is 4.79 Å². The molecule has 0 aliphatic heterocycles. The Bertz CT molecular complexity index is 206. The molecule has 0 saturated carbocycles. The zero-order valence-electron chi connectivity index (χ0n) is 5.87. The first-order chi connectivity index (χ1) is 4.30. The minimum Gasteiger partial charge on any atom is -0.295 e. The summed E-state index contributed by atoms with van der Waals surface area (Å²) in [6.45, 7) is 1.56. The van der Waals surface area contributed by atoms with Crippen LogP contribution in [-0.2, 0) is 0 Å². The van der Waals surface area contributed by atoms with Gasteiger partial charge in [-0.05, 0) is 6.92 Å². The van der Waals surface area contributed by atoms with Gasteiger partial charge in [-0.1, -0.05) is 30.3 Å². The molecule has 0 spiro atoms. The van der Waals surface area contributed by atoms with E-state index >= 15 is 0 Å². The van der Waals surface area contributed by atoms with E-state index < -0.39 is 0 Å². The molecule has 10 heavy (non-hydrogen) atoms. The van der Waals surface area contributed by atoms with Crippen molar-refractivity contribution in [1.82, 2.24) is 0 Å². The number of carbonyl (C=O) groups excluding carboxylic acids is 1. The number of rotatable bonds is 1. The predicted molar refractivity (Wildman–Crippen MR) is 42.2 cm³/mol. The number of Topliss-reactive ketones (excluding diaryl/α,β-unsaturated/α-hetero) is 1. The lowest BCUT2D eigenvalue weighted by atomic mass is 10.2. The quantitative estimate of drug-likeness (QED) is 0.417. The highest BCUT2D eigenvalue weighted by atomic mass is 16.1. The Morgan fingerprint density at radius 2 is 1.70 bits per heavy atom. The lowest BCUT2D eigenvalue weighted by molar-refractivity contribution is 0.101. The Morgan fingerprint density at radius 3 is 2.00 bits per heavy atom. The van der Waals surface area contributed by atoms with Crippen molar-refractivity contribution in [3.8, 4) is 0 Å². The smallest absolute Gasteiger partial charge is 0.159 e. The Hall–Kier alpha value is -1.05. The van der Waals surface area contributed by atoms with Gasteiger partial charge in [0.15, 0.2) is 5.78 Å². The van der Waals surface area contributed by atoms with E-state index in [1.165, 1.54) is 0 Å². The van der Waals surface area contributed by atoms with Gasteiger partial charge in [0.25, 0.3) is 0 Å². The number of benzene rings is 1. The molecule has 0 bridgehead atoms. The van der Waals surface area contributed by atoms with Crippen molar-refractivity contribution in [1.29, 1.82) is 0 Å². The van der Waals surface area contributed by atoms with Gasteiger partial charge in [-0.2, -0.15) is 0 Å². The minimum atomic E-state index is 0. The Labute approximate surface area is 62.6 Å². The van der Waals surface area contributed by atoms with Crippen LogP contribution >= 0.6 is 0 Å². The minimum absolute atomic E-state index is 0. The van der Waals surface area contributed by atoms with E-state index in [-0.39, 0.29) is 14.2 Å². The van der Waals surface area contributed by atoms with Crippen LogP contribution in [-0.4, -0.2) is 14.2 Å². The largest absolute Gasteiger partial charge is 0.295 e. The van der Waals surface area contributed by atoms with Crippen LogP contribution in [0.4, 0.5) is 0 Å². The van der Waals surface area contributed by atoms with Crippen molar-refractivity contribution in [3.63, 3.8) is 0 Å². The summed E-state index contributed by atoms with van der Waals surface area (Å²) in [5, 5.41) is 0. The molecule has 0 atom stereocenters. The van der Waals surface area contributed by atoms with Gasteiger partial charge in [0.05, 0.1) is 0 Å². The molecule has 0 fully saturated rings. The van der Waals surface area contributed by atoms with E-state index in [0.29, 0.717) is 0 Å². The lowest BCUT2D eigenvalue weighted by Crippen LogP contribution is -1.88. The first-order valence-corrected chi connectivity index (χ1v) is 2.86. The molecule has 0 aliphatic rings. The second-order valence-electron chi connectivity index (χ2n) is 1.92. The summed E-state index contributed by atoms with van der Waals surface area (Å²) in [6.07, 6.45) is 0. The molecule has 1 nitrogen and oxygen atoms in total. The van der Waals surface area contributed by atoms with E-state index in [1.54, 1.807) is 6.92 Å². The third-order valence-electron chi connectivity index (χ3n) is 1.18. The monoisotopic (exact) mass is 131 g/mol. The van der Waals surface area contributed by atoms with E-state index in [1.807, 2.05) is 30.3 Å². The van der Waals surface area contributed by atoms with Gasteiger partial charge in [-0.25, -0.2) is 0 Å². The summed E-state index contributed by atoms with van der Waals surface area (Å²) in [7, 11) is 0. The normalized spacial score (nSPS) is 8.10. The van der Waals surface area contributed by atoms with Crippen molar-refractivity contribution >= 4 is 14.2 Å². The summed E-state index contributed by atoms with van der Waals surface area (Å²) >= 11 is 0. The van der Waals surface area contributed by atoms with Gasteiger partial charge >= 0.3 is 0 Å². The summed E-state index contributed by atoms with van der Waals surface area (Å²) < 4.78 is 0. The van der Waals surface area contributed by atoms with Gasteiger partial charge in [0.2, 0.25) is 0 Å². The topological polar surface area (TPSA) is 17.1 Å². The molecule has 49 valence electrons. The first-order valence-electron chi connectivity index (χ1n) is 2.86. The molecule has 1 aromatic carbocycles. The second kappa shape index (κ2) is 3.88. The van der Waals surface area contributed by atoms with Crippen LogP contribution in [0.15, 0.2) is 30.3 Å². The SMILES string of the molecule is CC(=O)c1ccccc1.[B]. The average molecular weight is 131 g/mol. The number of hydrogen-bond acceptors (Lipinski definition) is 1. The fourth-order valence-corrected chi connectivity index (χ4v) is 0.673. The van der Waals surface area contributed by atoms with Crippen LogP contribution in [0.3, 0.4) is 0 Å². The highest BCUT2D eigenvalue weighted by Crippen LogP contribution is 1.97. The average Bonchev–Trinajstić information content (AvgIpc) is 1.90. The zero-order chi connectivity index (χ0) is 6.69. The fourth-order valence-electron chi connectivity index (χ4n) is 0.673. The fraction of sp³-hybridized carbons (Fsp3) is 0.125. The van der Waals surface area contributed by atoms with Gasteiger partial charge in [-0.3, -0.25) is 4.79 Å². The summed E-state index contributed by atoms with van der Waals surface area (Å²) in [5.74, 6) is 0.121. The highest BCUT2D eigenvalue weighted by molar-refractivity contribution is 5.93. The molecule has 0 unspecified atom stereocenters. The van der Waals surface area contributed by atoms with E-state index in [2.05, 4.69) is 0 Å². The van der Waals surface area contributed by atoms with Crippen LogP contribution < -0.4 is 0 Å². The standard InChI is InChI=1S/C8H8O.B/c1-7(9)8-5-3-2-4-6-8;/h2-6H,1H3;. The van der Waals surface area contributed by atoms with Crippen LogP contribution in [0.2, 0.25) is 0 Å². The second-order valence-corrected chi connectivity index (χ2v) is 1.92. The van der Waals surface area contributed by atoms with Crippen molar-refractivity contribution in [2.24, 2.45) is 0 Å². The predicted octanol–water partition coefficient (Wildman–Crippen LogP) is 1.51. The van der Waals surface area contributed by atoms with Gasteiger partial charge in [0.1, 0.15) is 0 Å². The number of carbonyl (C=O) groups is 1.